The highest BCUT2D eigenvalue weighted by molar-refractivity contribution is 5.33. The van der Waals surface area contributed by atoms with Gasteiger partial charge >= 0.3 is 0 Å². The molecule has 1 aliphatic heterocycles. The van der Waals surface area contributed by atoms with Crippen molar-refractivity contribution in [3.63, 3.8) is 0 Å². The third-order valence-electron chi connectivity index (χ3n) is 4.10. The Bertz CT molecular complexity index is 621. The fraction of sp³-hybridized carbons (Fsp3) is 0.421. The van der Waals surface area contributed by atoms with Crippen molar-refractivity contribution in [1.29, 1.82) is 0 Å². The van der Waals surface area contributed by atoms with Crippen LogP contribution in [0.2, 0.25) is 0 Å². The number of ether oxygens (including phenoxy) is 2. The van der Waals surface area contributed by atoms with E-state index in [1.165, 1.54) is 0 Å². The van der Waals surface area contributed by atoms with Crippen molar-refractivity contribution >= 4 is 0 Å². The second-order valence-electron chi connectivity index (χ2n) is 6.10. The fourth-order valence-electron chi connectivity index (χ4n) is 2.78. The van der Waals surface area contributed by atoms with Gasteiger partial charge in [0.15, 0.2) is 0 Å². The van der Waals surface area contributed by atoms with E-state index >= 15 is 0 Å². The lowest BCUT2D eigenvalue weighted by Crippen LogP contribution is -2.44. The van der Waals surface area contributed by atoms with E-state index < -0.39 is 0 Å². The van der Waals surface area contributed by atoms with Crippen LogP contribution in [-0.2, 0) is 17.9 Å². The zero-order valence-electron chi connectivity index (χ0n) is 14.1. The van der Waals surface area contributed by atoms with Gasteiger partial charge in [-0.05, 0) is 25.2 Å². The lowest BCUT2D eigenvalue weighted by atomic mass is 10.2. The Kier molecular flexibility index (Phi) is 6.18. The van der Waals surface area contributed by atoms with Gasteiger partial charge in [0, 0.05) is 37.9 Å². The molecular formula is C19H25N3O2. The number of likely N-dealkylation sites (N-methyl/N-ethyl adjacent to an activating group) is 1. The minimum Gasteiger partial charge on any atom is -0.487 e. The monoisotopic (exact) mass is 327 g/mol. The fourth-order valence-corrected chi connectivity index (χ4v) is 2.78. The Morgan fingerprint density at radius 3 is 2.96 bits per heavy atom. The van der Waals surface area contributed by atoms with Gasteiger partial charge in [-0.2, -0.15) is 0 Å². The summed E-state index contributed by atoms with van der Waals surface area (Å²) in [7, 11) is 2.14. The lowest BCUT2D eigenvalue weighted by molar-refractivity contribution is -0.0182. The summed E-state index contributed by atoms with van der Waals surface area (Å²) in [5.74, 6) is 0.900. The van der Waals surface area contributed by atoms with Gasteiger partial charge in [-0.25, -0.2) is 0 Å². The molecule has 0 saturated carbocycles. The average molecular weight is 327 g/mol. The number of morpholine rings is 1. The van der Waals surface area contributed by atoms with E-state index in [1.807, 2.05) is 36.4 Å². The van der Waals surface area contributed by atoms with E-state index in [2.05, 4.69) is 28.3 Å². The van der Waals surface area contributed by atoms with Crippen molar-refractivity contribution in [2.45, 2.75) is 19.3 Å². The summed E-state index contributed by atoms with van der Waals surface area (Å²) < 4.78 is 11.7. The number of rotatable bonds is 7. The second-order valence-corrected chi connectivity index (χ2v) is 6.10. The summed E-state index contributed by atoms with van der Waals surface area (Å²) in [6.45, 7) is 4.90. The molecule has 0 spiro atoms. The number of benzene rings is 1. The molecule has 0 aliphatic carbocycles. The molecule has 1 N–H and O–H groups in total. The van der Waals surface area contributed by atoms with E-state index in [-0.39, 0.29) is 6.10 Å². The maximum absolute atomic E-state index is 5.94. The zero-order valence-corrected chi connectivity index (χ0v) is 14.1. The maximum atomic E-state index is 5.94. The Hall–Kier alpha value is -1.95. The molecule has 24 heavy (non-hydrogen) atoms. The van der Waals surface area contributed by atoms with Gasteiger partial charge in [0.05, 0.1) is 18.4 Å². The smallest absolute Gasteiger partial charge is 0.130 e. The van der Waals surface area contributed by atoms with E-state index in [0.717, 1.165) is 49.8 Å². The molecule has 0 amide bonds. The SMILES string of the molecule is CN1CCOC(CNCc2ccccc2OCc2ccccn2)C1. The van der Waals surface area contributed by atoms with Crippen LogP contribution >= 0.6 is 0 Å². The number of nitrogens with one attached hydrogen (secondary N) is 1. The van der Waals surface area contributed by atoms with Gasteiger partial charge in [-0.1, -0.05) is 24.3 Å². The minimum atomic E-state index is 0.255. The molecule has 2 aromatic rings. The van der Waals surface area contributed by atoms with Crippen LogP contribution in [-0.4, -0.2) is 49.3 Å². The minimum absolute atomic E-state index is 0.255. The maximum Gasteiger partial charge on any atom is 0.130 e. The Balaban J connectivity index is 1.50. The number of nitrogens with zero attached hydrogens (tertiary/aromatic N) is 2. The Labute approximate surface area is 143 Å². The molecule has 1 saturated heterocycles. The highest BCUT2D eigenvalue weighted by Gasteiger charge is 2.17. The largest absolute Gasteiger partial charge is 0.487 e. The van der Waals surface area contributed by atoms with Gasteiger partial charge in [0.1, 0.15) is 12.4 Å². The van der Waals surface area contributed by atoms with Crippen molar-refractivity contribution in [1.82, 2.24) is 15.2 Å². The third-order valence-corrected chi connectivity index (χ3v) is 4.10. The van der Waals surface area contributed by atoms with Crippen LogP contribution in [0.5, 0.6) is 5.75 Å². The van der Waals surface area contributed by atoms with Crippen LogP contribution in [0.25, 0.3) is 0 Å². The van der Waals surface area contributed by atoms with Gasteiger partial charge in [-0.15, -0.1) is 0 Å². The predicted molar refractivity (Wildman–Crippen MR) is 94.0 cm³/mol. The van der Waals surface area contributed by atoms with Gasteiger partial charge in [-0.3, -0.25) is 4.98 Å². The van der Waals surface area contributed by atoms with Crippen molar-refractivity contribution in [2.75, 3.05) is 33.3 Å². The molecule has 5 nitrogen and oxygen atoms in total. The third kappa shape index (κ3) is 5.03. The average Bonchev–Trinajstić information content (AvgIpc) is 2.62. The zero-order chi connectivity index (χ0) is 16.6. The van der Waals surface area contributed by atoms with Gasteiger partial charge < -0.3 is 19.7 Å². The molecule has 128 valence electrons. The quantitative estimate of drug-likeness (QED) is 0.844. The molecule has 1 unspecified atom stereocenters. The number of hydrogen-bond donors (Lipinski definition) is 1. The van der Waals surface area contributed by atoms with Crippen molar-refractivity contribution in [2.24, 2.45) is 0 Å². The number of hydrogen-bond acceptors (Lipinski definition) is 5. The first-order valence-corrected chi connectivity index (χ1v) is 8.43. The molecule has 0 bridgehead atoms. The van der Waals surface area contributed by atoms with Crippen LogP contribution in [0, 0.1) is 0 Å². The molecule has 1 atom stereocenters. The van der Waals surface area contributed by atoms with Crippen molar-refractivity contribution in [3.8, 4) is 5.75 Å². The first-order valence-electron chi connectivity index (χ1n) is 8.43. The van der Waals surface area contributed by atoms with Crippen LogP contribution in [0.15, 0.2) is 48.7 Å². The molecular weight excluding hydrogens is 302 g/mol. The topological polar surface area (TPSA) is 46.6 Å². The van der Waals surface area contributed by atoms with Crippen LogP contribution in [0.3, 0.4) is 0 Å². The highest BCUT2D eigenvalue weighted by atomic mass is 16.5. The summed E-state index contributed by atoms with van der Waals surface area (Å²) in [5, 5.41) is 3.48. The van der Waals surface area contributed by atoms with Gasteiger partial charge in [0.25, 0.3) is 0 Å². The Morgan fingerprint density at radius 2 is 2.12 bits per heavy atom. The van der Waals surface area contributed by atoms with Crippen LogP contribution < -0.4 is 10.1 Å². The lowest BCUT2D eigenvalue weighted by Gasteiger charge is -2.30. The highest BCUT2D eigenvalue weighted by Crippen LogP contribution is 2.19. The molecule has 1 aromatic heterocycles. The molecule has 0 radical (unpaired) electrons. The molecule has 5 heteroatoms. The molecule has 1 fully saturated rings. The van der Waals surface area contributed by atoms with Crippen LogP contribution in [0.4, 0.5) is 0 Å². The number of pyridine rings is 1. The summed E-state index contributed by atoms with van der Waals surface area (Å²) in [5.41, 5.74) is 2.08. The first kappa shape index (κ1) is 16.9. The van der Waals surface area contributed by atoms with Crippen LogP contribution in [0.1, 0.15) is 11.3 Å². The molecule has 2 heterocycles. The van der Waals surface area contributed by atoms with Gasteiger partial charge in [0.2, 0.25) is 0 Å². The van der Waals surface area contributed by atoms with E-state index in [1.54, 1.807) is 6.20 Å². The number of aromatic nitrogens is 1. The number of para-hydroxylation sites is 1. The molecule has 1 aromatic carbocycles. The first-order chi connectivity index (χ1) is 11.8. The van der Waals surface area contributed by atoms with E-state index in [9.17, 15) is 0 Å². The summed E-state index contributed by atoms with van der Waals surface area (Å²) >= 11 is 0. The standard InChI is InChI=1S/C19H25N3O2/c1-22-10-11-23-18(14-22)13-20-12-16-6-2-3-8-19(16)24-15-17-7-4-5-9-21-17/h2-9,18,20H,10-15H2,1H3. The summed E-state index contributed by atoms with van der Waals surface area (Å²) in [6.07, 6.45) is 2.04. The summed E-state index contributed by atoms with van der Waals surface area (Å²) in [4.78, 5) is 6.60. The predicted octanol–water partition coefficient (Wildman–Crippen LogP) is 2.08. The van der Waals surface area contributed by atoms with Crippen molar-refractivity contribution in [3.05, 3.63) is 59.9 Å². The summed E-state index contributed by atoms with van der Waals surface area (Å²) in [6, 6.07) is 14.0. The van der Waals surface area contributed by atoms with E-state index in [4.69, 9.17) is 9.47 Å². The molecule has 1 aliphatic rings. The van der Waals surface area contributed by atoms with Crippen molar-refractivity contribution < 1.29 is 9.47 Å². The van der Waals surface area contributed by atoms with E-state index in [0.29, 0.717) is 6.61 Å². The normalized spacial score (nSPS) is 18.5. The molecule has 3 rings (SSSR count). The Morgan fingerprint density at radius 1 is 1.25 bits per heavy atom. The second kappa shape index (κ2) is 8.78.